The summed E-state index contributed by atoms with van der Waals surface area (Å²) in [7, 11) is 0. The van der Waals surface area contributed by atoms with Gasteiger partial charge in [0.2, 0.25) is 11.8 Å². The van der Waals surface area contributed by atoms with E-state index in [1.165, 1.54) is 59.0 Å². The summed E-state index contributed by atoms with van der Waals surface area (Å²) in [6, 6.07) is 28.1. The van der Waals surface area contributed by atoms with Gasteiger partial charge in [-0.05, 0) is 96.8 Å². The molecule has 4 aromatic carbocycles. The lowest BCUT2D eigenvalue weighted by Gasteiger charge is -2.28. The molecule has 0 unspecified atom stereocenters. The molecule has 46 heavy (non-hydrogen) atoms. The third-order valence-corrected chi connectivity index (χ3v) is 9.40. The molecule has 1 heterocycles. The van der Waals surface area contributed by atoms with E-state index in [0.717, 1.165) is 12.8 Å². The topological polar surface area (TPSA) is 133 Å². The van der Waals surface area contributed by atoms with Crippen LogP contribution in [0.3, 0.4) is 0 Å². The fraction of sp³-hybridized carbons (Fsp3) is 0.222. The van der Waals surface area contributed by atoms with Gasteiger partial charge >= 0.3 is 5.97 Å². The number of nitro groups is 1. The van der Waals surface area contributed by atoms with Crippen LogP contribution in [0.1, 0.15) is 45.0 Å². The summed E-state index contributed by atoms with van der Waals surface area (Å²) in [6.07, 6.45) is 1.80. The monoisotopic (exact) mass is 616 g/mol. The second-order valence-corrected chi connectivity index (χ2v) is 11.9. The number of carbonyl (C=O) groups excluding carboxylic acids is 4. The first-order valence-electron chi connectivity index (χ1n) is 15.0. The minimum atomic E-state index is -0.710. The predicted octanol–water partition coefficient (Wildman–Crippen LogP) is 6.36. The minimum Gasteiger partial charge on any atom is -0.457 e. The fourth-order valence-electron chi connectivity index (χ4n) is 7.32. The summed E-state index contributed by atoms with van der Waals surface area (Å²) < 4.78 is 10.9. The molecule has 230 valence electrons. The van der Waals surface area contributed by atoms with E-state index in [1.807, 2.05) is 18.2 Å². The Bertz CT molecular complexity index is 1840. The van der Waals surface area contributed by atoms with Gasteiger partial charge in [-0.3, -0.25) is 29.4 Å². The quantitative estimate of drug-likeness (QED) is 0.0698. The molecule has 3 fully saturated rings. The average Bonchev–Trinajstić information content (AvgIpc) is 3.75. The lowest BCUT2D eigenvalue weighted by Crippen LogP contribution is -2.33. The maximum Gasteiger partial charge on any atom is 0.338 e. The Morgan fingerprint density at radius 2 is 1.37 bits per heavy atom. The van der Waals surface area contributed by atoms with Crippen LogP contribution in [-0.4, -0.2) is 35.1 Å². The van der Waals surface area contributed by atoms with Crippen LogP contribution in [0.25, 0.3) is 0 Å². The third kappa shape index (κ3) is 5.21. The number of hydrogen-bond donors (Lipinski definition) is 0. The molecular formula is C36H28N2O8. The molecule has 2 aliphatic carbocycles. The Kier molecular flexibility index (Phi) is 7.40. The van der Waals surface area contributed by atoms with Gasteiger partial charge in [-0.15, -0.1) is 0 Å². The number of imide groups is 1. The van der Waals surface area contributed by atoms with E-state index in [1.54, 1.807) is 24.3 Å². The first-order chi connectivity index (χ1) is 22.3. The van der Waals surface area contributed by atoms with Crippen molar-refractivity contribution in [2.75, 3.05) is 11.5 Å². The van der Waals surface area contributed by atoms with Crippen LogP contribution >= 0.6 is 0 Å². The second-order valence-electron chi connectivity index (χ2n) is 11.9. The highest BCUT2D eigenvalue weighted by Crippen LogP contribution is 2.61. The SMILES string of the molecule is O=C(COC(=O)c1ccc(N2C(=O)[C@@H]3[C@@H]4C[C@@H]([C@@H]3C2=O)[C@@H](c2ccccc2)C4)cc1)c1ccc(Oc2ccc([N+](=O)[O-])cc2)cc1. The van der Waals surface area contributed by atoms with Crippen LogP contribution in [0.5, 0.6) is 11.5 Å². The standard InChI is InChI=1S/C36H28N2O8/c39-31(22-8-14-27(15-9-22)46-28-16-12-26(13-17-28)38(43)44)20-45-36(42)23-6-10-25(11-7-23)37-34(40)32-24-18-29(21-4-2-1-3-5-21)30(19-24)33(32)35(37)41/h1-17,24,29-30,32-33H,18-20H2/t24-,29+,30+,32+,33-/m0/s1. The lowest BCUT2D eigenvalue weighted by atomic mass is 9.73. The normalized spacial score (nSPS) is 22.9. The minimum absolute atomic E-state index is 0.0540. The second kappa shape index (κ2) is 11.7. The Morgan fingerprint density at radius 1 is 0.761 bits per heavy atom. The van der Waals surface area contributed by atoms with Gasteiger partial charge in [0, 0.05) is 17.7 Å². The smallest absolute Gasteiger partial charge is 0.338 e. The molecule has 1 aliphatic heterocycles. The number of nitro benzene ring substituents is 1. The highest BCUT2D eigenvalue weighted by Gasteiger charge is 2.64. The Balaban J connectivity index is 0.947. The van der Waals surface area contributed by atoms with Gasteiger partial charge in [0.1, 0.15) is 11.5 Å². The molecule has 3 aliphatic rings. The number of ether oxygens (including phenoxy) is 2. The summed E-state index contributed by atoms with van der Waals surface area (Å²) in [5.41, 5.74) is 2.08. The number of hydrogen-bond acceptors (Lipinski definition) is 8. The zero-order chi connectivity index (χ0) is 31.9. The van der Waals surface area contributed by atoms with Crippen molar-refractivity contribution in [1.29, 1.82) is 0 Å². The van der Waals surface area contributed by atoms with Crippen LogP contribution in [0.2, 0.25) is 0 Å². The van der Waals surface area contributed by atoms with E-state index in [9.17, 15) is 29.3 Å². The maximum absolute atomic E-state index is 13.6. The van der Waals surface area contributed by atoms with Crippen molar-refractivity contribution >= 4 is 34.9 Å². The van der Waals surface area contributed by atoms with E-state index < -0.39 is 23.3 Å². The number of rotatable bonds is 9. The van der Waals surface area contributed by atoms with Gasteiger partial charge < -0.3 is 9.47 Å². The number of amides is 2. The summed E-state index contributed by atoms with van der Waals surface area (Å²) >= 11 is 0. The van der Waals surface area contributed by atoms with Crippen LogP contribution in [0.15, 0.2) is 103 Å². The molecule has 10 heteroatoms. The molecule has 0 radical (unpaired) electrons. The van der Waals surface area contributed by atoms with Crippen molar-refractivity contribution in [2.45, 2.75) is 18.8 Å². The Morgan fingerprint density at radius 3 is 2.02 bits per heavy atom. The number of benzene rings is 4. The maximum atomic E-state index is 13.6. The summed E-state index contributed by atoms with van der Waals surface area (Å²) in [4.78, 5) is 64.0. The van der Waals surface area contributed by atoms with E-state index in [2.05, 4.69) is 12.1 Å². The number of carbonyl (C=O) groups is 4. The molecule has 2 amide bonds. The van der Waals surface area contributed by atoms with E-state index in [-0.39, 0.29) is 52.7 Å². The fourth-order valence-corrected chi connectivity index (χ4v) is 7.32. The molecular weight excluding hydrogens is 588 g/mol. The van der Waals surface area contributed by atoms with Crippen molar-refractivity contribution in [3.8, 4) is 11.5 Å². The van der Waals surface area contributed by atoms with Crippen LogP contribution < -0.4 is 9.64 Å². The highest BCUT2D eigenvalue weighted by atomic mass is 16.6. The first kappa shape index (κ1) is 29.1. The molecule has 1 saturated heterocycles. The zero-order valence-corrected chi connectivity index (χ0v) is 24.5. The number of nitrogens with zero attached hydrogens (tertiary/aromatic N) is 2. The number of Topliss-reactive ketones (excluding diaryl/α,β-unsaturated/α-hetero) is 1. The molecule has 2 saturated carbocycles. The van der Waals surface area contributed by atoms with Crippen molar-refractivity contribution in [3.05, 3.63) is 130 Å². The predicted molar refractivity (Wildman–Crippen MR) is 166 cm³/mol. The first-order valence-corrected chi connectivity index (χ1v) is 15.0. The molecule has 7 rings (SSSR count). The number of ketones is 1. The molecule has 10 nitrogen and oxygen atoms in total. The summed E-state index contributed by atoms with van der Waals surface area (Å²) in [5.74, 6) is -0.667. The number of fused-ring (bicyclic) bond motifs is 5. The van der Waals surface area contributed by atoms with Gasteiger partial charge in [-0.25, -0.2) is 4.79 Å². The van der Waals surface area contributed by atoms with Crippen LogP contribution in [0, 0.1) is 33.8 Å². The van der Waals surface area contributed by atoms with Crippen molar-refractivity contribution < 1.29 is 33.6 Å². The molecule has 0 spiro atoms. The third-order valence-electron chi connectivity index (χ3n) is 9.40. The van der Waals surface area contributed by atoms with Gasteiger partial charge in [0.15, 0.2) is 12.4 Å². The van der Waals surface area contributed by atoms with Gasteiger partial charge in [-0.1, -0.05) is 30.3 Å². The molecule has 0 N–H and O–H groups in total. The molecule has 5 atom stereocenters. The van der Waals surface area contributed by atoms with Gasteiger partial charge in [0.05, 0.1) is 28.0 Å². The molecule has 2 bridgehead atoms. The number of esters is 1. The molecule has 0 aromatic heterocycles. The van der Waals surface area contributed by atoms with Crippen LogP contribution in [-0.2, 0) is 14.3 Å². The van der Waals surface area contributed by atoms with Crippen LogP contribution in [0.4, 0.5) is 11.4 Å². The Hall–Kier alpha value is -5.64. The van der Waals surface area contributed by atoms with E-state index in [0.29, 0.717) is 22.7 Å². The number of anilines is 1. The van der Waals surface area contributed by atoms with Crippen molar-refractivity contribution in [3.63, 3.8) is 0 Å². The summed E-state index contributed by atoms with van der Waals surface area (Å²) in [5, 5.41) is 10.8. The van der Waals surface area contributed by atoms with Crippen molar-refractivity contribution in [1.82, 2.24) is 0 Å². The summed E-state index contributed by atoms with van der Waals surface area (Å²) in [6.45, 7) is -0.485. The average molecular weight is 617 g/mol. The van der Waals surface area contributed by atoms with E-state index >= 15 is 0 Å². The zero-order valence-electron chi connectivity index (χ0n) is 24.5. The Labute approximate surface area is 263 Å². The molecule has 4 aromatic rings. The lowest BCUT2D eigenvalue weighted by molar-refractivity contribution is -0.384. The van der Waals surface area contributed by atoms with Gasteiger partial charge in [0.25, 0.3) is 5.69 Å². The van der Waals surface area contributed by atoms with Gasteiger partial charge in [-0.2, -0.15) is 0 Å². The van der Waals surface area contributed by atoms with E-state index in [4.69, 9.17) is 9.47 Å². The largest absolute Gasteiger partial charge is 0.457 e. The number of non-ortho nitro benzene ring substituents is 1. The van der Waals surface area contributed by atoms with Crippen molar-refractivity contribution in [2.24, 2.45) is 23.7 Å². The highest BCUT2D eigenvalue weighted by molar-refractivity contribution is 6.22.